The lowest BCUT2D eigenvalue weighted by molar-refractivity contribution is 0.0719. The third-order valence-electron chi connectivity index (χ3n) is 3.45. The van der Waals surface area contributed by atoms with Crippen LogP contribution in [0.25, 0.3) is 11.1 Å². The minimum absolute atomic E-state index is 0.0859. The molecule has 98 valence electrons. The fraction of sp³-hybridized carbons (Fsp3) is 0.357. The molecule has 19 heavy (non-hydrogen) atoms. The molecule has 0 saturated carbocycles. The average molecular weight is 256 g/mol. The van der Waals surface area contributed by atoms with Gasteiger partial charge in [-0.05, 0) is 25.3 Å². The van der Waals surface area contributed by atoms with E-state index in [2.05, 4.69) is 15.0 Å². The zero-order chi connectivity index (χ0) is 13.1. The number of hydrogen-bond acceptors (Lipinski definition) is 3. The maximum absolute atomic E-state index is 12.3. The van der Waals surface area contributed by atoms with Crippen molar-refractivity contribution in [2.24, 2.45) is 0 Å². The van der Waals surface area contributed by atoms with Crippen LogP contribution in [0.1, 0.15) is 29.8 Å². The fourth-order valence-corrected chi connectivity index (χ4v) is 2.40. The number of H-pyrrole nitrogens is 1. The van der Waals surface area contributed by atoms with E-state index in [0.29, 0.717) is 5.69 Å². The van der Waals surface area contributed by atoms with Gasteiger partial charge in [0.2, 0.25) is 0 Å². The highest BCUT2D eigenvalue weighted by atomic mass is 16.2. The Morgan fingerprint density at radius 1 is 1.11 bits per heavy atom. The molecule has 5 nitrogen and oxygen atoms in total. The van der Waals surface area contributed by atoms with Crippen LogP contribution in [0.4, 0.5) is 0 Å². The lowest BCUT2D eigenvalue weighted by Gasteiger charge is -2.26. The van der Waals surface area contributed by atoms with Gasteiger partial charge >= 0.3 is 0 Å². The Hall–Kier alpha value is -2.17. The minimum atomic E-state index is 0.0859. The van der Waals surface area contributed by atoms with E-state index in [1.165, 1.54) is 12.7 Å². The number of piperidine rings is 1. The zero-order valence-electron chi connectivity index (χ0n) is 10.7. The second-order valence-corrected chi connectivity index (χ2v) is 4.78. The molecule has 0 unspecified atom stereocenters. The van der Waals surface area contributed by atoms with Crippen LogP contribution in [-0.2, 0) is 0 Å². The van der Waals surface area contributed by atoms with Gasteiger partial charge in [-0.1, -0.05) is 0 Å². The van der Waals surface area contributed by atoms with Crippen molar-refractivity contribution in [1.29, 1.82) is 0 Å². The number of aromatic amines is 1. The summed E-state index contributed by atoms with van der Waals surface area (Å²) >= 11 is 0. The Bertz CT molecular complexity index is 558. The van der Waals surface area contributed by atoms with E-state index in [1.54, 1.807) is 12.4 Å². The van der Waals surface area contributed by atoms with Gasteiger partial charge in [0.1, 0.15) is 12.0 Å². The summed E-state index contributed by atoms with van der Waals surface area (Å²) in [5.41, 5.74) is 2.50. The maximum Gasteiger partial charge on any atom is 0.270 e. The third kappa shape index (κ3) is 2.50. The molecular weight excluding hydrogens is 240 g/mol. The lowest BCUT2D eigenvalue weighted by Crippen LogP contribution is -2.35. The van der Waals surface area contributed by atoms with Gasteiger partial charge < -0.3 is 9.88 Å². The Kier molecular flexibility index (Phi) is 3.27. The molecular formula is C14H16N4O. The monoisotopic (exact) mass is 256 g/mol. The van der Waals surface area contributed by atoms with Crippen LogP contribution in [0.2, 0.25) is 0 Å². The summed E-state index contributed by atoms with van der Waals surface area (Å²) in [5.74, 6) is 0.0859. The van der Waals surface area contributed by atoms with E-state index >= 15 is 0 Å². The van der Waals surface area contributed by atoms with Gasteiger partial charge in [0.15, 0.2) is 0 Å². The van der Waals surface area contributed by atoms with E-state index in [-0.39, 0.29) is 5.91 Å². The van der Waals surface area contributed by atoms with Gasteiger partial charge in [-0.3, -0.25) is 4.79 Å². The van der Waals surface area contributed by atoms with Gasteiger partial charge in [-0.25, -0.2) is 9.97 Å². The van der Waals surface area contributed by atoms with E-state index in [1.807, 2.05) is 17.2 Å². The highest BCUT2D eigenvalue weighted by Crippen LogP contribution is 2.20. The molecule has 0 bridgehead atoms. The summed E-state index contributed by atoms with van der Waals surface area (Å²) in [6.07, 6.45) is 10.2. The summed E-state index contributed by atoms with van der Waals surface area (Å²) in [4.78, 5) is 25.2. The first-order valence-electron chi connectivity index (χ1n) is 6.58. The van der Waals surface area contributed by atoms with Crippen molar-refractivity contribution in [2.45, 2.75) is 19.3 Å². The van der Waals surface area contributed by atoms with Crippen molar-refractivity contribution >= 4 is 5.91 Å². The van der Waals surface area contributed by atoms with Crippen LogP contribution in [0.15, 0.2) is 31.0 Å². The maximum atomic E-state index is 12.3. The van der Waals surface area contributed by atoms with Crippen LogP contribution in [0.3, 0.4) is 0 Å². The number of amides is 1. The number of hydrogen-bond donors (Lipinski definition) is 1. The molecule has 0 aromatic carbocycles. The molecule has 1 aliphatic rings. The fourth-order valence-electron chi connectivity index (χ4n) is 2.40. The Morgan fingerprint density at radius 3 is 2.58 bits per heavy atom. The molecule has 0 radical (unpaired) electrons. The van der Waals surface area contributed by atoms with Crippen LogP contribution < -0.4 is 0 Å². The Labute approximate surface area is 111 Å². The summed E-state index contributed by atoms with van der Waals surface area (Å²) in [6.45, 7) is 1.73. The molecule has 0 spiro atoms. The van der Waals surface area contributed by atoms with Gasteiger partial charge in [0, 0.05) is 42.8 Å². The molecule has 5 heteroatoms. The molecule has 1 fully saturated rings. The number of carbonyl (C=O) groups is 1. The van der Waals surface area contributed by atoms with Crippen molar-refractivity contribution in [3.8, 4) is 11.1 Å². The molecule has 3 heterocycles. The van der Waals surface area contributed by atoms with Crippen molar-refractivity contribution in [1.82, 2.24) is 19.9 Å². The molecule has 3 rings (SSSR count). The number of nitrogens with one attached hydrogen (secondary N) is 1. The van der Waals surface area contributed by atoms with E-state index in [0.717, 1.165) is 37.1 Å². The van der Waals surface area contributed by atoms with E-state index < -0.39 is 0 Å². The number of rotatable bonds is 2. The SMILES string of the molecule is O=C(c1cc(-c2cncnc2)c[nH]1)N1CCCCC1. The first-order valence-corrected chi connectivity index (χ1v) is 6.58. The van der Waals surface area contributed by atoms with Crippen LogP contribution in [0.5, 0.6) is 0 Å². The van der Waals surface area contributed by atoms with Crippen molar-refractivity contribution in [3.05, 3.63) is 36.7 Å². The molecule has 1 amide bonds. The predicted octanol–water partition coefficient (Wildman–Crippen LogP) is 2.10. The quantitative estimate of drug-likeness (QED) is 0.895. The second-order valence-electron chi connectivity index (χ2n) is 4.78. The van der Waals surface area contributed by atoms with Crippen molar-refractivity contribution in [2.75, 3.05) is 13.1 Å². The number of carbonyl (C=O) groups excluding carboxylic acids is 1. The molecule has 1 saturated heterocycles. The van der Waals surface area contributed by atoms with Gasteiger partial charge in [0.25, 0.3) is 5.91 Å². The third-order valence-corrected chi connectivity index (χ3v) is 3.45. The molecule has 2 aromatic heterocycles. The van der Waals surface area contributed by atoms with E-state index in [4.69, 9.17) is 0 Å². The standard InChI is InChI=1S/C14H16N4O/c19-14(18-4-2-1-3-5-18)13-6-11(9-17-13)12-7-15-10-16-8-12/h6-10,17H,1-5H2. The van der Waals surface area contributed by atoms with E-state index in [9.17, 15) is 4.79 Å². The van der Waals surface area contributed by atoms with Crippen LogP contribution >= 0.6 is 0 Å². The topological polar surface area (TPSA) is 61.9 Å². The highest BCUT2D eigenvalue weighted by molar-refractivity contribution is 5.94. The van der Waals surface area contributed by atoms with Gasteiger partial charge in [-0.2, -0.15) is 0 Å². The van der Waals surface area contributed by atoms with Crippen LogP contribution in [-0.4, -0.2) is 38.8 Å². The smallest absolute Gasteiger partial charge is 0.270 e. The predicted molar refractivity (Wildman–Crippen MR) is 71.6 cm³/mol. The Morgan fingerprint density at radius 2 is 1.84 bits per heavy atom. The highest BCUT2D eigenvalue weighted by Gasteiger charge is 2.19. The van der Waals surface area contributed by atoms with Crippen LogP contribution in [0, 0.1) is 0 Å². The second kappa shape index (κ2) is 5.22. The molecule has 0 atom stereocenters. The molecule has 1 aliphatic heterocycles. The largest absolute Gasteiger partial charge is 0.357 e. The summed E-state index contributed by atoms with van der Waals surface area (Å²) in [7, 11) is 0. The lowest BCUT2D eigenvalue weighted by atomic mass is 10.1. The average Bonchev–Trinajstić information content (AvgIpc) is 2.98. The Balaban J connectivity index is 1.79. The van der Waals surface area contributed by atoms with Crippen molar-refractivity contribution in [3.63, 3.8) is 0 Å². The molecule has 1 N–H and O–H groups in total. The minimum Gasteiger partial charge on any atom is -0.357 e. The molecule has 2 aromatic rings. The van der Waals surface area contributed by atoms with Gasteiger partial charge in [-0.15, -0.1) is 0 Å². The normalized spacial score (nSPS) is 15.5. The molecule has 0 aliphatic carbocycles. The zero-order valence-corrected chi connectivity index (χ0v) is 10.7. The first kappa shape index (κ1) is 11.9. The first-order chi connectivity index (χ1) is 9.34. The summed E-state index contributed by atoms with van der Waals surface area (Å²) in [6, 6.07) is 1.87. The summed E-state index contributed by atoms with van der Waals surface area (Å²) in [5, 5.41) is 0. The van der Waals surface area contributed by atoms with Crippen molar-refractivity contribution < 1.29 is 4.79 Å². The number of nitrogens with zero attached hydrogens (tertiary/aromatic N) is 3. The number of likely N-dealkylation sites (tertiary alicyclic amines) is 1. The summed E-state index contributed by atoms with van der Waals surface area (Å²) < 4.78 is 0. The number of aromatic nitrogens is 3. The van der Waals surface area contributed by atoms with Gasteiger partial charge in [0.05, 0.1) is 0 Å².